The molecule has 6 nitrogen and oxygen atoms in total. The molecule has 2 amide bonds. The molecule has 0 saturated carbocycles. The lowest BCUT2D eigenvalue weighted by molar-refractivity contribution is 0.00129. The van der Waals surface area contributed by atoms with Crippen molar-refractivity contribution >= 4 is 17.6 Å². The van der Waals surface area contributed by atoms with E-state index < -0.39 is 0 Å². The van der Waals surface area contributed by atoms with Gasteiger partial charge in [0, 0.05) is 31.3 Å². The Morgan fingerprint density at radius 1 is 1.38 bits per heavy atom. The van der Waals surface area contributed by atoms with E-state index in [2.05, 4.69) is 10.5 Å². The standard InChI is InChI=1S/C19H24ClN3O3/c1-2-23(13-14-7-5-6-10-25-14)19(24)21-12-15-11-18(22-26-15)16-8-3-4-9-17(16)20/h3-4,8-9,11,14H,2,5-7,10,12-13H2,1H3,(H,21,24)/t14-/m0/s1. The summed E-state index contributed by atoms with van der Waals surface area (Å²) in [7, 11) is 0. The third-order valence-electron chi connectivity index (χ3n) is 4.49. The van der Waals surface area contributed by atoms with Gasteiger partial charge >= 0.3 is 6.03 Å². The molecule has 2 aromatic rings. The van der Waals surface area contributed by atoms with Crippen LogP contribution in [-0.4, -0.2) is 41.9 Å². The fourth-order valence-corrected chi connectivity index (χ4v) is 3.25. The van der Waals surface area contributed by atoms with E-state index in [1.165, 1.54) is 0 Å². The summed E-state index contributed by atoms with van der Waals surface area (Å²) in [5, 5.41) is 7.54. The lowest BCUT2D eigenvalue weighted by atomic mass is 10.1. The highest BCUT2D eigenvalue weighted by molar-refractivity contribution is 6.33. The van der Waals surface area contributed by atoms with Gasteiger partial charge in [-0.15, -0.1) is 0 Å². The van der Waals surface area contributed by atoms with Crippen LogP contribution in [0.4, 0.5) is 4.79 Å². The number of carbonyl (C=O) groups is 1. The van der Waals surface area contributed by atoms with E-state index in [1.807, 2.05) is 25.1 Å². The zero-order valence-electron chi connectivity index (χ0n) is 14.9. The molecule has 1 aliphatic rings. The molecule has 1 aliphatic heterocycles. The van der Waals surface area contributed by atoms with Crippen LogP contribution in [0.15, 0.2) is 34.9 Å². The molecule has 1 saturated heterocycles. The van der Waals surface area contributed by atoms with Gasteiger partial charge in [-0.2, -0.15) is 0 Å². The molecule has 1 N–H and O–H groups in total. The Hall–Kier alpha value is -2.05. The Kier molecular flexibility index (Phi) is 6.52. The SMILES string of the molecule is CCN(C[C@@H]1CCCCO1)C(=O)NCc1cc(-c2ccccc2Cl)no1. The maximum Gasteiger partial charge on any atom is 0.317 e. The Bertz CT molecular complexity index is 728. The van der Waals surface area contributed by atoms with Gasteiger partial charge in [0.2, 0.25) is 0 Å². The number of nitrogens with zero attached hydrogens (tertiary/aromatic N) is 2. The van der Waals surface area contributed by atoms with Gasteiger partial charge < -0.3 is 19.5 Å². The number of urea groups is 1. The van der Waals surface area contributed by atoms with E-state index >= 15 is 0 Å². The molecule has 1 aromatic heterocycles. The summed E-state index contributed by atoms with van der Waals surface area (Å²) in [5.41, 5.74) is 1.46. The van der Waals surface area contributed by atoms with Crippen molar-refractivity contribution in [1.29, 1.82) is 0 Å². The number of ether oxygens (including phenoxy) is 1. The highest BCUT2D eigenvalue weighted by Crippen LogP contribution is 2.26. The van der Waals surface area contributed by atoms with Crippen LogP contribution in [0, 0.1) is 0 Å². The lowest BCUT2D eigenvalue weighted by Crippen LogP contribution is -2.44. The fraction of sp³-hybridized carbons (Fsp3) is 0.474. The minimum atomic E-state index is -0.127. The Morgan fingerprint density at radius 3 is 2.96 bits per heavy atom. The number of carbonyl (C=O) groups excluding carboxylic acids is 1. The average Bonchev–Trinajstić information content (AvgIpc) is 3.14. The Balaban J connectivity index is 1.54. The molecular weight excluding hydrogens is 354 g/mol. The van der Waals surface area contributed by atoms with Crippen LogP contribution in [-0.2, 0) is 11.3 Å². The molecule has 0 bridgehead atoms. The van der Waals surface area contributed by atoms with E-state index in [0.717, 1.165) is 31.4 Å². The number of benzene rings is 1. The second-order valence-electron chi connectivity index (χ2n) is 6.34. The highest BCUT2D eigenvalue weighted by Gasteiger charge is 2.20. The van der Waals surface area contributed by atoms with Crippen LogP contribution in [0.2, 0.25) is 5.02 Å². The van der Waals surface area contributed by atoms with E-state index in [1.54, 1.807) is 17.0 Å². The number of likely N-dealkylation sites (N-methyl/N-ethyl adjacent to an activating group) is 1. The summed E-state index contributed by atoms with van der Waals surface area (Å²) in [6.07, 6.45) is 3.40. The maximum absolute atomic E-state index is 12.4. The number of aromatic nitrogens is 1. The highest BCUT2D eigenvalue weighted by atomic mass is 35.5. The first kappa shape index (κ1) is 18.7. The molecule has 7 heteroatoms. The van der Waals surface area contributed by atoms with Crippen LogP contribution in [0.25, 0.3) is 11.3 Å². The summed E-state index contributed by atoms with van der Waals surface area (Å²) in [4.78, 5) is 14.2. The molecule has 0 unspecified atom stereocenters. The van der Waals surface area contributed by atoms with E-state index in [9.17, 15) is 4.79 Å². The van der Waals surface area contributed by atoms with Crippen molar-refractivity contribution < 1.29 is 14.1 Å². The molecule has 1 atom stereocenters. The number of nitrogens with one attached hydrogen (secondary N) is 1. The van der Waals surface area contributed by atoms with Gasteiger partial charge in [-0.25, -0.2) is 4.79 Å². The third-order valence-corrected chi connectivity index (χ3v) is 4.82. The number of amides is 2. The number of hydrogen-bond donors (Lipinski definition) is 1. The van der Waals surface area contributed by atoms with Gasteiger partial charge in [-0.05, 0) is 32.3 Å². The molecule has 1 aromatic carbocycles. The van der Waals surface area contributed by atoms with Crippen molar-refractivity contribution in [2.45, 2.75) is 38.8 Å². The van der Waals surface area contributed by atoms with Crippen molar-refractivity contribution in [2.75, 3.05) is 19.7 Å². The molecule has 2 heterocycles. The van der Waals surface area contributed by atoms with E-state index in [4.69, 9.17) is 20.9 Å². The molecular formula is C19H24ClN3O3. The average molecular weight is 378 g/mol. The maximum atomic E-state index is 12.4. The molecule has 26 heavy (non-hydrogen) atoms. The summed E-state index contributed by atoms with van der Waals surface area (Å²) in [5.74, 6) is 0.582. The van der Waals surface area contributed by atoms with Crippen molar-refractivity contribution in [3.8, 4) is 11.3 Å². The van der Waals surface area contributed by atoms with Crippen LogP contribution < -0.4 is 5.32 Å². The Labute approximate surface area is 158 Å². The minimum absolute atomic E-state index is 0.127. The van der Waals surface area contributed by atoms with Crippen LogP contribution >= 0.6 is 11.6 Å². The first-order chi connectivity index (χ1) is 12.7. The predicted molar refractivity (Wildman–Crippen MR) is 100 cm³/mol. The van der Waals surface area contributed by atoms with Crippen molar-refractivity contribution in [2.24, 2.45) is 0 Å². The van der Waals surface area contributed by atoms with Crippen molar-refractivity contribution in [3.05, 3.63) is 41.1 Å². The summed E-state index contributed by atoms with van der Waals surface area (Å²) in [6.45, 7) is 4.27. The smallest absolute Gasteiger partial charge is 0.317 e. The number of hydrogen-bond acceptors (Lipinski definition) is 4. The Morgan fingerprint density at radius 2 is 2.23 bits per heavy atom. The number of rotatable bonds is 6. The summed E-state index contributed by atoms with van der Waals surface area (Å²) in [6, 6.07) is 9.11. The minimum Gasteiger partial charge on any atom is -0.376 e. The van der Waals surface area contributed by atoms with Gasteiger partial charge in [0.05, 0.1) is 17.7 Å². The largest absolute Gasteiger partial charge is 0.376 e. The van der Waals surface area contributed by atoms with E-state index in [0.29, 0.717) is 29.6 Å². The third kappa shape index (κ3) is 4.77. The zero-order valence-corrected chi connectivity index (χ0v) is 15.7. The molecule has 0 spiro atoms. The predicted octanol–water partition coefficient (Wildman–Crippen LogP) is 4.10. The second kappa shape index (κ2) is 9.05. The molecule has 0 radical (unpaired) electrons. The van der Waals surface area contributed by atoms with Gasteiger partial charge in [0.15, 0.2) is 5.76 Å². The monoisotopic (exact) mass is 377 g/mol. The van der Waals surface area contributed by atoms with Crippen LogP contribution in [0.3, 0.4) is 0 Å². The normalized spacial score (nSPS) is 17.1. The van der Waals surface area contributed by atoms with Crippen LogP contribution in [0.5, 0.6) is 0 Å². The molecule has 140 valence electrons. The van der Waals surface area contributed by atoms with E-state index in [-0.39, 0.29) is 18.7 Å². The fourth-order valence-electron chi connectivity index (χ4n) is 3.02. The molecule has 1 fully saturated rings. The quantitative estimate of drug-likeness (QED) is 0.823. The first-order valence-electron chi connectivity index (χ1n) is 9.02. The van der Waals surface area contributed by atoms with Gasteiger partial charge in [0.25, 0.3) is 0 Å². The van der Waals surface area contributed by atoms with Crippen molar-refractivity contribution in [3.63, 3.8) is 0 Å². The van der Waals surface area contributed by atoms with Crippen molar-refractivity contribution in [1.82, 2.24) is 15.4 Å². The molecule has 3 rings (SSSR count). The van der Waals surface area contributed by atoms with Gasteiger partial charge in [-0.1, -0.05) is 35.0 Å². The topological polar surface area (TPSA) is 67.6 Å². The second-order valence-corrected chi connectivity index (χ2v) is 6.75. The number of halogens is 1. The summed E-state index contributed by atoms with van der Waals surface area (Å²) >= 11 is 6.18. The zero-order chi connectivity index (χ0) is 18.4. The van der Waals surface area contributed by atoms with Gasteiger partial charge in [-0.3, -0.25) is 0 Å². The van der Waals surface area contributed by atoms with Crippen LogP contribution in [0.1, 0.15) is 31.9 Å². The lowest BCUT2D eigenvalue weighted by Gasteiger charge is -2.29. The van der Waals surface area contributed by atoms with Gasteiger partial charge in [0.1, 0.15) is 5.69 Å². The summed E-state index contributed by atoms with van der Waals surface area (Å²) < 4.78 is 11.0. The molecule has 0 aliphatic carbocycles. The first-order valence-corrected chi connectivity index (χ1v) is 9.40.